The van der Waals surface area contributed by atoms with Gasteiger partial charge in [-0.2, -0.15) is 0 Å². The lowest BCUT2D eigenvalue weighted by atomic mass is 9.92. The normalized spacial score (nSPS) is 39.6. The minimum Gasteiger partial charge on any atom is -0.387 e. The molecular weight excluding hydrogens is 192 g/mol. The lowest BCUT2D eigenvalue weighted by Gasteiger charge is -2.29. The van der Waals surface area contributed by atoms with Crippen LogP contribution in [-0.2, 0) is 0 Å². The predicted octanol–water partition coefficient (Wildman–Crippen LogP) is 2.02. The molecule has 0 saturated carbocycles. The molecule has 0 aromatic heterocycles. The van der Waals surface area contributed by atoms with Crippen LogP contribution in [0.15, 0.2) is 23.8 Å². The van der Waals surface area contributed by atoms with Crippen LogP contribution in [0.1, 0.15) is 13.8 Å². The van der Waals surface area contributed by atoms with E-state index in [0.29, 0.717) is 0 Å². The summed E-state index contributed by atoms with van der Waals surface area (Å²) in [6.07, 6.45) is 5.25. The summed E-state index contributed by atoms with van der Waals surface area (Å²) in [7, 11) is 0. The van der Waals surface area contributed by atoms with E-state index < -0.39 is 6.10 Å². The van der Waals surface area contributed by atoms with Crippen LogP contribution in [0, 0.1) is 0 Å². The van der Waals surface area contributed by atoms with Crippen molar-refractivity contribution >= 4 is 15.9 Å². The van der Waals surface area contributed by atoms with Crippen molar-refractivity contribution < 1.29 is 5.11 Å². The fraction of sp³-hybridized carbons (Fsp3) is 0.500. The molecule has 2 unspecified atom stereocenters. The molecule has 1 N–H and O–H groups in total. The summed E-state index contributed by atoms with van der Waals surface area (Å²) in [6.45, 7) is 3.97. The number of alkyl halides is 1. The molecule has 0 heterocycles. The highest BCUT2D eigenvalue weighted by Gasteiger charge is 2.31. The van der Waals surface area contributed by atoms with Crippen LogP contribution in [-0.4, -0.2) is 15.5 Å². The maximum absolute atomic E-state index is 9.43. The molecule has 1 aliphatic carbocycles. The summed E-state index contributed by atoms with van der Waals surface area (Å²) < 4.78 is -0.262. The number of halogens is 1. The smallest absolute Gasteiger partial charge is 0.0912 e. The van der Waals surface area contributed by atoms with Crippen LogP contribution in [0.25, 0.3) is 0 Å². The van der Waals surface area contributed by atoms with Crippen molar-refractivity contribution in [2.45, 2.75) is 24.3 Å². The van der Waals surface area contributed by atoms with Gasteiger partial charge in [0.05, 0.1) is 10.4 Å². The number of hydrogen-bond donors (Lipinski definition) is 1. The first-order valence-corrected chi connectivity index (χ1v) is 4.07. The van der Waals surface area contributed by atoms with Gasteiger partial charge >= 0.3 is 0 Å². The molecule has 56 valence electrons. The second-order valence-electron chi connectivity index (χ2n) is 2.76. The maximum Gasteiger partial charge on any atom is 0.0912 e. The van der Waals surface area contributed by atoms with Gasteiger partial charge in [-0.05, 0) is 13.8 Å². The standard InChI is InChI=1S/C8H11BrO/c1-6-4-3-5-7(10)8(6,2)9/h3-5,7,10H,1-2H3. The van der Waals surface area contributed by atoms with Crippen LogP contribution in [0.2, 0.25) is 0 Å². The first kappa shape index (κ1) is 8.02. The van der Waals surface area contributed by atoms with Gasteiger partial charge in [0, 0.05) is 0 Å². The van der Waals surface area contributed by atoms with E-state index in [1.165, 1.54) is 0 Å². The molecule has 10 heavy (non-hydrogen) atoms. The fourth-order valence-corrected chi connectivity index (χ4v) is 1.17. The second kappa shape index (κ2) is 2.51. The van der Waals surface area contributed by atoms with Crippen LogP contribution in [0.5, 0.6) is 0 Å². The quantitative estimate of drug-likeness (QED) is 0.597. The Hall–Kier alpha value is -0.0800. The van der Waals surface area contributed by atoms with E-state index in [9.17, 15) is 5.11 Å². The summed E-state index contributed by atoms with van der Waals surface area (Å²) in [5, 5.41) is 9.43. The van der Waals surface area contributed by atoms with Gasteiger partial charge in [-0.15, -0.1) is 0 Å². The van der Waals surface area contributed by atoms with Crippen LogP contribution >= 0.6 is 15.9 Å². The molecule has 0 amide bonds. The summed E-state index contributed by atoms with van der Waals surface area (Å²) in [4.78, 5) is 0. The van der Waals surface area contributed by atoms with E-state index in [-0.39, 0.29) is 4.32 Å². The zero-order valence-electron chi connectivity index (χ0n) is 6.13. The molecule has 2 heteroatoms. The first-order chi connectivity index (χ1) is 4.55. The van der Waals surface area contributed by atoms with Crippen LogP contribution in [0.3, 0.4) is 0 Å². The van der Waals surface area contributed by atoms with Crippen molar-refractivity contribution in [1.82, 2.24) is 0 Å². The minimum absolute atomic E-state index is 0.262. The molecule has 0 aromatic rings. The average molecular weight is 203 g/mol. The van der Waals surface area contributed by atoms with E-state index in [4.69, 9.17) is 0 Å². The Kier molecular flexibility index (Phi) is 2.02. The van der Waals surface area contributed by atoms with Gasteiger partial charge in [0.2, 0.25) is 0 Å². The molecular formula is C8H11BrO. The van der Waals surface area contributed by atoms with Gasteiger partial charge in [-0.1, -0.05) is 39.7 Å². The van der Waals surface area contributed by atoms with Crippen molar-refractivity contribution in [1.29, 1.82) is 0 Å². The molecule has 1 rings (SSSR count). The minimum atomic E-state index is -0.405. The first-order valence-electron chi connectivity index (χ1n) is 3.27. The summed E-state index contributed by atoms with van der Waals surface area (Å²) >= 11 is 3.45. The highest BCUT2D eigenvalue weighted by Crippen LogP contribution is 2.33. The number of aliphatic hydroxyl groups is 1. The van der Waals surface area contributed by atoms with E-state index >= 15 is 0 Å². The third-order valence-electron chi connectivity index (χ3n) is 1.97. The Balaban J connectivity index is 2.93. The van der Waals surface area contributed by atoms with Gasteiger partial charge in [-0.3, -0.25) is 0 Å². The maximum atomic E-state index is 9.43. The van der Waals surface area contributed by atoms with Gasteiger partial charge in [0.1, 0.15) is 0 Å². The molecule has 1 nitrogen and oxygen atoms in total. The summed E-state index contributed by atoms with van der Waals surface area (Å²) in [5.74, 6) is 0. The lowest BCUT2D eigenvalue weighted by Crippen LogP contribution is -2.34. The Morgan fingerprint density at radius 1 is 1.70 bits per heavy atom. The van der Waals surface area contributed by atoms with Crippen LogP contribution < -0.4 is 0 Å². The number of allylic oxidation sites excluding steroid dienone is 2. The van der Waals surface area contributed by atoms with E-state index in [1.807, 2.05) is 26.0 Å². The Bertz CT molecular complexity index is 191. The third kappa shape index (κ3) is 1.18. The Labute approximate surface area is 69.6 Å². The molecule has 0 saturated heterocycles. The van der Waals surface area contributed by atoms with E-state index in [0.717, 1.165) is 5.57 Å². The molecule has 0 bridgehead atoms. The molecule has 0 spiro atoms. The van der Waals surface area contributed by atoms with Crippen molar-refractivity contribution in [3.63, 3.8) is 0 Å². The average Bonchev–Trinajstić information content (AvgIpc) is 1.84. The molecule has 0 aromatic carbocycles. The number of rotatable bonds is 0. The lowest BCUT2D eigenvalue weighted by molar-refractivity contribution is 0.197. The summed E-state index contributed by atoms with van der Waals surface area (Å²) in [6, 6.07) is 0. The highest BCUT2D eigenvalue weighted by atomic mass is 79.9. The zero-order chi connectivity index (χ0) is 7.78. The summed E-state index contributed by atoms with van der Waals surface area (Å²) in [5.41, 5.74) is 1.16. The predicted molar refractivity (Wildman–Crippen MR) is 46.2 cm³/mol. The molecule has 2 atom stereocenters. The zero-order valence-corrected chi connectivity index (χ0v) is 7.72. The monoisotopic (exact) mass is 202 g/mol. The third-order valence-corrected chi connectivity index (χ3v) is 3.06. The van der Waals surface area contributed by atoms with Crippen molar-refractivity contribution in [2.24, 2.45) is 0 Å². The van der Waals surface area contributed by atoms with Crippen molar-refractivity contribution in [3.05, 3.63) is 23.8 Å². The SMILES string of the molecule is CC1=CC=CC(O)C1(C)Br. The Morgan fingerprint density at radius 3 is 2.70 bits per heavy atom. The van der Waals surface area contributed by atoms with E-state index in [2.05, 4.69) is 15.9 Å². The van der Waals surface area contributed by atoms with Crippen LogP contribution in [0.4, 0.5) is 0 Å². The molecule has 0 fully saturated rings. The molecule has 0 aliphatic heterocycles. The fourth-order valence-electron chi connectivity index (χ4n) is 0.882. The molecule has 1 aliphatic rings. The van der Waals surface area contributed by atoms with Gasteiger partial charge in [0.15, 0.2) is 0 Å². The topological polar surface area (TPSA) is 20.2 Å². The highest BCUT2D eigenvalue weighted by molar-refractivity contribution is 9.10. The van der Waals surface area contributed by atoms with E-state index in [1.54, 1.807) is 6.08 Å². The van der Waals surface area contributed by atoms with Gasteiger partial charge in [-0.25, -0.2) is 0 Å². The largest absolute Gasteiger partial charge is 0.387 e. The second-order valence-corrected chi connectivity index (χ2v) is 4.40. The number of hydrogen-bond acceptors (Lipinski definition) is 1. The van der Waals surface area contributed by atoms with Gasteiger partial charge in [0.25, 0.3) is 0 Å². The van der Waals surface area contributed by atoms with Gasteiger partial charge < -0.3 is 5.11 Å². The Morgan fingerprint density at radius 2 is 2.30 bits per heavy atom. The molecule has 0 radical (unpaired) electrons. The number of aliphatic hydroxyl groups excluding tert-OH is 1. The van der Waals surface area contributed by atoms with Crippen molar-refractivity contribution in [2.75, 3.05) is 0 Å². The van der Waals surface area contributed by atoms with Crippen molar-refractivity contribution in [3.8, 4) is 0 Å².